The van der Waals surface area contributed by atoms with Crippen molar-refractivity contribution in [2.24, 2.45) is 23.7 Å². The van der Waals surface area contributed by atoms with Gasteiger partial charge in [-0.15, -0.1) is 11.3 Å². The number of hydrogen-bond acceptors (Lipinski definition) is 2. The van der Waals surface area contributed by atoms with Crippen LogP contribution in [0.5, 0.6) is 0 Å². The molecule has 1 aromatic heterocycles. The summed E-state index contributed by atoms with van der Waals surface area (Å²) in [5.41, 5.74) is 0. The molecule has 1 aliphatic rings. The molecule has 2 rings (SSSR count). The third-order valence-corrected chi connectivity index (χ3v) is 6.26. The Kier molecular flexibility index (Phi) is 6.58. The van der Waals surface area contributed by atoms with Gasteiger partial charge in [0, 0.05) is 10.9 Å². The Labute approximate surface area is 139 Å². The van der Waals surface area contributed by atoms with E-state index in [9.17, 15) is 0 Å². The molecule has 1 fully saturated rings. The minimum absolute atomic E-state index is 0.588. The molecule has 0 aliphatic heterocycles. The second kappa shape index (κ2) is 7.99. The summed E-state index contributed by atoms with van der Waals surface area (Å²) in [4.78, 5) is 1.46. The lowest BCUT2D eigenvalue weighted by molar-refractivity contribution is 0.143. The third kappa shape index (κ3) is 5.26. The summed E-state index contributed by atoms with van der Waals surface area (Å²) in [7, 11) is 0. The van der Waals surface area contributed by atoms with E-state index in [1.165, 1.54) is 37.1 Å². The van der Waals surface area contributed by atoms with Crippen molar-refractivity contribution in [3.8, 4) is 0 Å². The maximum absolute atomic E-state index is 6.10. The highest BCUT2D eigenvalue weighted by Crippen LogP contribution is 2.40. The summed E-state index contributed by atoms with van der Waals surface area (Å²) in [6.45, 7) is 10.4. The summed E-state index contributed by atoms with van der Waals surface area (Å²) >= 11 is 7.86. The first-order chi connectivity index (χ1) is 9.95. The first-order valence-electron chi connectivity index (χ1n) is 8.43. The zero-order valence-corrected chi connectivity index (χ0v) is 15.4. The Balaban J connectivity index is 2.00. The molecule has 1 saturated carbocycles. The Bertz CT molecular complexity index is 427. The van der Waals surface area contributed by atoms with Crippen molar-refractivity contribution in [3.05, 3.63) is 21.3 Å². The van der Waals surface area contributed by atoms with Crippen LogP contribution in [0.3, 0.4) is 0 Å². The number of nitrogens with one attached hydrogen (secondary N) is 1. The zero-order valence-electron chi connectivity index (χ0n) is 13.9. The fourth-order valence-electron chi connectivity index (χ4n) is 3.59. The molecule has 0 saturated heterocycles. The van der Waals surface area contributed by atoms with Crippen molar-refractivity contribution in [3.63, 3.8) is 0 Å². The van der Waals surface area contributed by atoms with Crippen LogP contribution in [0.25, 0.3) is 0 Å². The van der Waals surface area contributed by atoms with E-state index >= 15 is 0 Å². The van der Waals surface area contributed by atoms with E-state index in [2.05, 4.69) is 39.1 Å². The number of halogens is 1. The van der Waals surface area contributed by atoms with E-state index in [0.717, 1.165) is 28.0 Å². The Morgan fingerprint density at radius 1 is 1.19 bits per heavy atom. The minimum Gasteiger partial charge on any atom is -0.314 e. The second-order valence-corrected chi connectivity index (χ2v) is 9.11. The topological polar surface area (TPSA) is 12.0 Å². The average molecular weight is 328 g/mol. The minimum atomic E-state index is 0.588. The largest absolute Gasteiger partial charge is 0.314 e. The number of rotatable bonds is 6. The quantitative estimate of drug-likeness (QED) is 0.714. The molecule has 0 bridgehead atoms. The lowest BCUT2D eigenvalue weighted by Crippen LogP contribution is -2.37. The molecule has 3 unspecified atom stereocenters. The van der Waals surface area contributed by atoms with E-state index in [1.807, 2.05) is 6.07 Å². The fraction of sp³-hybridized carbons (Fsp3) is 0.778. The standard InChI is InChI=1S/C18H30ClNS/c1-12(2)14-5-6-15(11-20-13(3)4)16(9-14)10-17-7-8-18(19)21-17/h7-8,12-16,20H,5-6,9-11H2,1-4H3. The van der Waals surface area contributed by atoms with Gasteiger partial charge in [0.1, 0.15) is 0 Å². The van der Waals surface area contributed by atoms with Gasteiger partial charge in [-0.25, -0.2) is 0 Å². The van der Waals surface area contributed by atoms with E-state index < -0.39 is 0 Å². The molecule has 0 spiro atoms. The van der Waals surface area contributed by atoms with Crippen LogP contribution in [-0.2, 0) is 6.42 Å². The monoisotopic (exact) mass is 327 g/mol. The molecule has 1 N–H and O–H groups in total. The van der Waals surface area contributed by atoms with Crippen molar-refractivity contribution < 1.29 is 0 Å². The van der Waals surface area contributed by atoms with E-state index in [4.69, 9.17) is 11.6 Å². The highest BCUT2D eigenvalue weighted by atomic mass is 35.5. The molecule has 1 aromatic rings. The van der Waals surface area contributed by atoms with Crippen LogP contribution in [-0.4, -0.2) is 12.6 Å². The van der Waals surface area contributed by atoms with Crippen molar-refractivity contribution >= 4 is 22.9 Å². The maximum Gasteiger partial charge on any atom is 0.0931 e. The third-order valence-electron chi connectivity index (χ3n) is 5.00. The molecule has 21 heavy (non-hydrogen) atoms. The van der Waals surface area contributed by atoms with Gasteiger partial charge in [-0.05, 0) is 68.0 Å². The van der Waals surface area contributed by atoms with Gasteiger partial charge in [-0.2, -0.15) is 0 Å². The van der Waals surface area contributed by atoms with Crippen LogP contribution in [0.2, 0.25) is 4.34 Å². The predicted octanol–water partition coefficient (Wildman–Crippen LogP) is 5.63. The van der Waals surface area contributed by atoms with Gasteiger partial charge >= 0.3 is 0 Å². The molecule has 1 aliphatic carbocycles. The summed E-state index contributed by atoms with van der Waals surface area (Å²) in [6.07, 6.45) is 5.39. The van der Waals surface area contributed by atoms with Crippen molar-refractivity contribution in [1.29, 1.82) is 0 Å². The van der Waals surface area contributed by atoms with Gasteiger partial charge in [-0.1, -0.05) is 39.3 Å². The molecular weight excluding hydrogens is 298 g/mol. The van der Waals surface area contributed by atoms with Gasteiger partial charge in [0.15, 0.2) is 0 Å². The van der Waals surface area contributed by atoms with Crippen molar-refractivity contribution in [2.75, 3.05) is 6.54 Å². The lowest BCUT2D eigenvalue weighted by Gasteiger charge is -2.38. The smallest absolute Gasteiger partial charge is 0.0931 e. The molecule has 3 heteroatoms. The number of hydrogen-bond donors (Lipinski definition) is 1. The van der Waals surface area contributed by atoms with Gasteiger partial charge in [0.25, 0.3) is 0 Å². The van der Waals surface area contributed by atoms with Gasteiger partial charge in [-0.3, -0.25) is 0 Å². The molecule has 3 atom stereocenters. The molecule has 120 valence electrons. The van der Waals surface area contributed by atoms with Gasteiger partial charge in [0.2, 0.25) is 0 Å². The SMILES string of the molecule is CC(C)NCC1CCC(C(C)C)CC1Cc1ccc(Cl)s1. The van der Waals surface area contributed by atoms with E-state index in [1.54, 1.807) is 11.3 Å². The van der Waals surface area contributed by atoms with E-state index in [0.29, 0.717) is 6.04 Å². The van der Waals surface area contributed by atoms with Crippen LogP contribution in [0.1, 0.15) is 51.8 Å². The molecule has 1 heterocycles. The van der Waals surface area contributed by atoms with Crippen molar-refractivity contribution in [2.45, 2.75) is 59.4 Å². The van der Waals surface area contributed by atoms with Crippen LogP contribution >= 0.6 is 22.9 Å². The highest BCUT2D eigenvalue weighted by Gasteiger charge is 2.31. The maximum atomic E-state index is 6.10. The van der Waals surface area contributed by atoms with Crippen LogP contribution < -0.4 is 5.32 Å². The fourth-order valence-corrected chi connectivity index (χ4v) is 4.77. The second-order valence-electron chi connectivity index (χ2n) is 7.31. The van der Waals surface area contributed by atoms with Crippen LogP contribution in [0, 0.1) is 23.7 Å². The van der Waals surface area contributed by atoms with Crippen LogP contribution in [0.4, 0.5) is 0 Å². The normalized spacial score (nSPS) is 26.7. The van der Waals surface area contributed by atoms with Gasteiger partial charge in [0.05, 0.1) is 4.34 Å². The Morgan fingerprint density at radius 2 is 1.95 bits per heavy atom. The van der Waals surface area contributed by atoms with Crippen molar-refractivity contribution in [1.82, 2.24) is 5.32 Å². The highest BCUT2D eigenvalue weighted by molar-refractivity contribution is 7.16. The molecule has 1 nitrogen and oxygen atoms in total. The Morgan fingerprint density at radius 3 is 2.52 bits per heavy atom. The summed E-state index contributed by atoms with van der Waals surface area (Å²) in [5.74, 6) is 3.36. The summed E-state index contributed by atoms with van der Waals surface area (Å²) in [5, 5.41) is 3.66. The average Bonchev–Trinajstić information content (AvgIpc) is 2.82. The van der Waals surface area contributed by atoms with Gasteiger partial charge < -0.3 is 5.32 Å². The summed E-state index contributed by atoms with van der Waals surface area (Å²) in [6, 6.07) is 4.86. The Hall–Kier alpha value is -0.0500. The molecule has 0 aromatic carbocycles. The lowest BCUT2D eigenvalue weighted by atomic mass is 9.69. The van der Waals surface area contributed by atoms with Crippen LogP contribution in [0.15, 0.2) is 12.1 Å². The molecule has 0 amide bonds. The first-order valence-corrected chi connectivity index (χ1v) is 9.62. The first kappa shape index (κ1) is 17.3. The molecular formula is C18H30ClNS. The predicted molar refractivity (Wildman–Crippen MR) is 95.3 cm³/mol. The van der Waals surface area contributed by atoms with E-state index in [-0.39, 0.29) is 0 Å². The number of thiophene rings is 1. The molecule has 0 radical (unpaired) electrons. The summed E-state index contributed by atoms with van der Waals surface area (Å²) < 4.78 is 0.929. The zero-order chi connectivity index (χ0) is 15.4.